The van der Waals surface area contributed by atoms with Crippen LogP contribution >= 0.6 is 15.9 Å². The number of carbonyl (C=O) groups excluding carboxylic acids is 2. The molecule has 1 amide bonds. The molecule has 0 unspecified atom stereocenters. The Morgan fingerprint density at radius 1 is 1.20 bits per heavy atom. The number of amides is 1. The normalized spacial score (nSPS) is 10.7. The lowest BCUT2D eigenvalue weighted by atomic mass is 10.1. The number of anilines is 1. The molecule has 0 atom stereocenters. The van der Waals surface area contributed by atoms with Crippen molar-refractivity contribution in [1.82, 2.24) is 0 Å². The molecular formula is C15H12BrNO3. The van der Waals surface area contributed by atoms with Gasteiger partial charge in [0.05, 0.1) is 5.69 Å². The van der Waals surface area contributed by atoms with Crippen molar-refractivity contribution >= 4 is 39.4 Å². The molecule has 0 bridgehead atoms. The van der Waals surface area contributed by atoms with E-state index >= 15 is 0 Å². The van der Waals surface area contributed by atoms with Crippen molar-refractivity contribution in [2.45, 2.75) is 6.92 Å². The van der Waals surface area contributed by atoms with Gasteiger partial charge in [0.2, 0.25) is 5.91 Å². The fraction of sp³-hybridized carbons (Fsp3) is 0.0667. The van der Waals surface area contributed by atoms with Gasteiger partial charge in [-0.1, -0.05) is 12.1 Å². The van der Waals surface area contributed by atoms with Gasteiger partial charge in [-0.2, -0.15) is 0 Å². The standard InChI is InChI=1S/C15H12BrNO3/c1-10(18)12-4-2-3-5-13(12)17-15(19)9-7-11-6-8-14(16)20-11/h2-9H,1H3,(H,17,19)/b9-7+. The molecule has 0 aliphatic carbocycles. The molecule has 1 aromatic heterocycles. The number of Topliss-reactive ketones (excluding diaryl/α,β-unsaturated/α-hetero) is 1. The number of hydrogen-bond acceptors (Lipinski definition) is 3. The fourth-order valence-corrected chi connectivity index (χ4v) is 1.97. The van der Waals surface area contributed by atoms with Crippen LogP contribution < -0.4 is 5.32 Å². The number of para-hydroxylation sites is 1. The third kappa shape index (κ3) is 3.68. The molecule has 2 rings (SSSR count). The van der Waals surface area contributed by atoms with E-state index in [0.717, 1.165) is 0 Å². The van der Waals surface area contributed by atoms with Crippen molar-refractivity contribution in [1.29, 1.82) is 0 Å². The Bertz CT molecular complexity index is 673. The topological polar surface area (TPSA) is 59.3 Å². The molecule has 0 fully saturated rings. The zero-order valence-corrected chi connectivity index (χ0v) is 12.3. The minimum absolute atomic E-state index is 0.0974. The van der Waals surface area contributed by atoms with E-state index in [0.29, 0.717) is 21.7 Å². The number of benzene rings is 1. The van der Waals surface area contributed by atoms with Gasteiger partial charge in [0, 0.05) is 11.6 Å². The highest BCUT2D eigenvalue weighted by Gasteiger charge is 2.07. The van der Waals surface area contributed by atoms with Gasteiger partial charge >= 0.3 is 0 Å². The van der Waals surface area contributed by atoms with Crippen LogP contribution in [0, 0.1) is 0 Å². The van der Waals surface area contributed by atoms with Crippen molar-refractivity contribution in [2.75, 3.05) is 5.32 Å². The van der Waals surface area contributed by atoms with Crippen LogP contribution in [-0.2, 0) is 4.79 Å². The molecule has 2 aromatic rings. The van der Waals surface area contributed by atoms with E-state index in [1.807, 2.05) is 0 Å². The van der Waals surface area contributed by atoms with Crippen molar-refractivity contribution in [3.8, 4) is 0 Å². The number of hydrogen-bond donors (Lipinski definition) is 1. The number of halogens is 1. The molecule has 1 N–H and O–H groups in total. The van der Waals surface area contributed by atoms with E-state index in [1.54, 1.807) is 42.5 Å². The highest BCUT2D eigenvalue weighted by Crippen LogP contribution is 2.17. The van der Waals surface area contributed by atoms with E-state index in [2.05, 4.69) is 21.2 Å². The number of ketones is 1. The first-order valence-electron chi connectivity index (χ1n) is 5.90. The number of furan rings is 1. The van der Waals surface area contributed by atoms with Crippen molar-refractivity contribution in [3.05, 3.63) is 58.5 Å². The van der Waals surface area contributed by atoms with E-state index in [4.69, 9.17) is 4.42 Å². The molecule has 1 heterocycles. The molecule has 0 saturated heterocycles. The van der Waals surface area contributed by atoms with Gasteiger partial charge in [-0.05, 0) is 53.2 Å². The Labute approximate surface area is 124 Å². The first-order valence-corrected chi connectivity index (χ1v) is 6.70. The minimum atomic E-state index is -0.328. The fourth-order valence-electron chi connectivity index (χ4n) is 1.65. The van der Waals surface area contributed by atoms with Crippen LogP contribution in [-0.4, -0.2) is 11.7 Å². The summed E-state index contributed by atoms with van der Waals surface area (Å²) < 4.78 is 5.84. The average Bonchev–Trinajstić information content (AvgIpc) is 2.83. The van der Waals surface area contributed by atoms with Crippen LogP contribution in [0.25, 0.3) is 6.08 Å². The Balaban J connectivity index is 2.09. The number of rotatable bonds is 4. The summed E-state index contributed by atoms with van der Waals surface area (Å²) in [6.07, 6.45) is 2.90. The summed E-state index contributed by atoms with van der Waals surface area (Å²) in [6.45, 7) is 1.46. The van der Waals surface area contributed by atoms with Crippen molar-refractivity contribution < 1.29 is 14.0 Å². The maximum absolute atomic E-state index is 11.8. The van der Waals surface area contributed by atoms with Gasteiger partial charge < -0.3 is 9.73 Å². The zero-order valence-electron chi connectivity index (χ0n) is 10.7. The van der Waals surface area contributed by atoms with Gasteiger partial charge in [0.25, 0.3) is 0 Å². The molecule has 0 spiro atoms. The number of nitrogens with one attached hydrogen (secondary N) is 1. The minimum Gasteiger partial charge on any atom is -0.450 e. The summed E-state index contributed by atoms with van der Waals surface area (Å²) >= 11 is 3.18. The summed E-state index contributed by atoms with van der Waals surface area (Å²) in [4.78, 5) is 23.2. The second kappa shape index (κ2) is 6.34. The monoisotopic (exact) mass is 333 g/mol. The van der Waals surface area contributed by atoms with Gasteiger partial charge in [-0.15, -0.1) is 0 Å². The first-order chi connectivity index (χ1) is 9.56. The Hall–Kier alpha value is -2.14. The SMILES string of the molecule is CC(=O)c1ccccc1NC(=O)/C=C/c1ccc(Br)o1. The summed E-state index contributed by atoms with van der Waals surface area (Å²) in [5.41, 5.74) is 0.977. The highest BCUT2D eigenvalue weighted by atomic mass is 79.9. The van der Waals surface area contributed by atoms with Crippen LogP contribution in [0.4, 0.5) is 5.69 Å². The molecular weight excluding hydrogens is 322 g/mol. The average molecular weight is 334 g/mol. The Morgan fingerprint density at radius 2 is 1.95 bits per heavy atom. The Kier molecular flexibility index (Phi) is 4.53. The van der Waals surface area contributed by atoms with Gasteiger partial charge in [-0.3, -0.25) is 9.59 Å². The van der Waals surface area contributed by atoms with Crippen LogP contribution in [0.1, 0.15) is 23.0 Å². The predicted octanol–water partition coefficient (Wildman–Crippen LogP) is 3.90. The molecule has 1 aromatic carbocycles. The molecule has 0 radical (unpaired) electrons. The third-order valence-corrected chi connectivity index (χ3v) is 2.98. The van der Waals surface area contributed by atoms with E-state index in [-0.39, 0.29) is 11.7 Å². The van der Waals surface area contributed by atoms with Crippen LogP contribution in [0.3, 0.4) is 0 Å². The summed E-state index contributed by atoms with van der Waals surface area (Å²) in [5.74, 6) is 0.137. The molecule has 5 heteroatoms. The Morgan fingerprint density at radius 3 is 2.60 bits per heavy atom. The lowest BCUT2D eigenvalue weighted by molar-refractivity contribution is -0.111. The molecule has 0 aliphatic rings. The van der Waals surface area contributed by atoms with Crippen LogP contribution in [0.5, 0.6) is 0 Å². The molecule has 0 saturated carbocycles. The lowest BCUT2D eigenvalue weighted by Crippen LogP contribution is -2.11. The molecule has 4 nitrogen and oxygen atoms in total. The second-order valence-corrected chi connectivity index (χ2v) is 4.85. The van der Waals surface area contributed by atoms with Crippen LogP contribution in [0.15, 0.2) is 51.6 Å². The highest BCUT2D eigenvalue weighted by molar-refractivity contribution is 9.10. The second-order valence-electron chi connectivity index (χ2n) is 4.07. The van der Waals surface area contributed by atoms with Crippen molar-refractivity contribution in [3.63, 3.8) is 0 Å². The molecule has 102 valence electrons. The summed E-state index contributed by atoms with van der Waals surface area (Å²) in [7, 11) is 0. The van der Waals surface area contributed by atoms with E-state index in [9.17, 15) is 9.59 Å². The van der Waals surface area contributed by atoms with Gasteiger partial charge in [0.15, 0.2) is 10.5 Å². The lowest BCUT2D eigenvalue weighted by Gasteiger charge is -2.06. The maximum Gasteiger partial charge on any atom is 0.248 e. The van der Waals surface area contributed by atoms with Gasteiger partial charge in [-0.25, -0.2) is 0 Å². The quantitative estimate of drug-likeness (QED) is 0.681. The molecule has 20 heavy (non-hydrogen) atoms. The maximum atomic E-state index is 11.8. The van der Waals surface area contributed by atoms with Gasteiger partial charge in [0.1, 0.15) is 5.76 Å². The summed E-state index contributed by atoms with van der Waals surface area (Å²) in [6, 6.07) is 10.3. The van der Waals surface area contributed by atoms with E-state index in [1.165, 1.54) is 13.0 Å². The van der Waals surface area contributed by atoms with Crippen LogP contribution in [0.2, 0.25) is 0 Å². The smallest absolute Gasteiger partial charge is 0.248 e. The van der Waals surface area contributed by atoms with Crippen molar-refractivity contribution in [2.24, 2.45) is 0 Å². The third-order valence-electron chi connectivity index (χ3n) is 2.56. The molecule has 0 aliphatic heterocycles. The first kappa shape index (κ1) is 14.3. The predicted molar refractivity (Wildman–Crippen MR) is 80.5 cm³/mol. The zero-order chi connectivity index (χ0) is 14.5. The number of carbonyl (C=O) groups is 2. The van der Waals surface area contributed by atoms with E-state index < -0.39 is 0 Å². The summed E-state index contributed by atoms with van der Waals surface area (Å²) in [5, 5.41) is 2.67. The largest absolute Gasteiger partial charge is 0.450 e.